The minimum Gasteiger partial charge on any atom is -0.388 e. The number of benzene rings is 1. The van der Waals surface area contributed by atoms with Crippen molar-refractivity contribution in [1.29, 1.82) is 0 Å². The van der Waals surface area contributed by atoms with Gasteiger partial charge in [-0.3, -0.25) is 0 Å². The standard InChI is InChI=1S/C17H23N3O/c18-13-17(21)9-4-7-15(17)8-11-20-12-10-19-16(20)14-5-2-1-3-6-14/h1-3,5-6,10,12,15,21H,4,7-9,11,13,18H2. The van der Waals surface area contributed by atoms with Crippen LogP contribution in [0.5, 0.6) is 0 Å². The van der Waals surface area contributed by atoms with E-state index in [0.717, 1.165) is 43.6 Å². The predicted molar refractivity (Wildman–Crippen MR) is 83.6 cm³/mol. The van der Waals surface area contributed by atoms with E-state index in [2.05, 4.69) is 21.7 Å². The largest absolute Gasteiger partial charge is 0.388 e. The number of hydrogen-bond donors (Lipinski definition) is 2. The number of aliphatic hydroxyl groups is 1. The van der Waals surface area contributed by atoms with Crippen LogP contribution in [0.2, 0.25) is 0 Å². The SMILES string of the molecule is NCC1(O)CCCC1CCn1ccnc1-c1ccccc1. The Morgan fingerprint density at radius 2 is 2.14 bits per heavy atom. The van der Waals surface area contributed by atoms with Gasteiger partial charge in [-0.05, 0) is 25.2 Å². The number of nitrogens with two attached hydrogens (primary N) is 1. The fourth-order valence-electron chi connectivity index (χ4n) is 3.44. The first-order valence-electron chi connectivity index (χ1n) is 7.72. The summed E-state index contributed by atoms with van der Waals surface area (Å²) in [5, 5.41) is 10.5. The third-order valence-electron chi connectivity index (χ3n) is 4.74. The van der Waals surface area contributed by atoms with E-state index in [4.69, 9.17) is 5.73 Å². The molecule has 1 aromatic heterocycles. The molecular formula is C17H23N3O. The summed E-state index contributed by atoms with van der Waals surface area (Å²) < 4.78 is 2.17. The van der Waals surface area contributed by atoms with Gasteiger partial charge in [-0.2, -0.15) is 0 Å². The minimum absolute atomic E-state index is 0.300. The van der Waals surface area contributed by atoms with Crippen LogP contribution in [-0.4, -0.2) is 26.8 Å². The van der Waals surface area contributed by atoms with E-state index in [1.54, 1.807) is 0 Å². The highest BCUT2D eigenvalue weighted by Crippen LogP contribution is 2.37. The van der Waals surface area contributed by atoms with Crippen LogP contribution in [0.25, 0.3) is 11.4 Å². The van der Waals surface area contributed by atoms with E-state index < -0.39 is 5.60 Å². The molecule has 112 valence electrons. The van der Waals surface area contributed by atoms with Crippen molar-refractivity contribution in [3.8, 4) is 11.4 Å². The lowest BCUT2D eigenvalue weighted by molar-refractivity contribution is 0.00664. The zero-order chi connectivity index (χ0) is 14.7. The van der Waals surface area contributed by atoms with Gasteiger partial charge in [0.2, 0.25) is 0 Å². The Labute approximate surface area is 125 Å². The van der Waals surface area contributed by atoms with Gasteiger partial charge in [0, 0.05) is 31.0 Å². The number of nitrogens with zero attached hydrogens (tertiary/aromatic N) is 2. The fourth-order valence-corrected chi connectivity index (χ4v) is 3.44. The summed E-state index contributed by atoms with van der Waals surface area (Å²) in [4.78, 5) is 4.46. The molecule has 0 amide bonds. The number of aromatic nitrogens is 2. The van der Waals surface area contributed by atoms with Gasteiger partial charge in [0.15, 0.2) is 0 Å². The van der Waals surface area contributed by atoms with Crippen LogP contribution in [0, 0.1) is 5.92 Å². The van der Waals surface area contributed by atoms with Crippen molar-refractivity contribution in [2.24, 2.45) is 11.7 Å². The van der Waals surface area contributed by atoms with Crippen molar-refractivity contribution in [3.63, 3.8) is 0 Å². The fraction of sp³-hybridized carbons (Fsp3) is 0.471. The van der Waals surface area contributed by atoms with E-state index in [1.165, 1.54) is 0 Å². The van der Waals surface area contributed by atoms with Gasteiger partial charge in [0.05, 0.1) is 5.60 Å². The first kappa shape index (κ1) is 14.3. The maximum absolute atomic E-state index is 10.5. The molecule has 0 bridgehead atoms. The van der Waals surface area contributed by atoms with E-state index >= 15 is 0 Å². The van der Waals surface area contributed by atoms with Crippen molar-refractivity contribution >= 4 is 0 Å². The lowest BCUT2D eigenvalue weighted by Crippen LogP contribution is -2.41. The third-order valence-corrected chi connectivity index (χ3v) is 4.74. The monoisotopic (exact) mass is 285 g/mol. The molecule has 1 heterocycles. The lowest BCUT2D eigenvalue weighted by atomic mass is 9.88. The van der Waals surface area contributed by atoms with E-state index in [-0.39, 0.29) is 0 Å². The summed E-state index contributed by atoms with van der Waals surface area (Å²) in [6.07, 6.45) is 7.79. The van der Waals surface area contributed by atoms with Crippen LogP contribution in [0.1, 0.15) is 25.7 Å². The molecule has 3 N–H and O–H groups in total. The third kappa shape index (κ3) is 2.87. The van der Waals surface area contributed by atoms with Crippen LogP contribution < -0.4 is 5.73 Å². The van der Waals surface area contributed by atoms with Crippen molar-refractivity contribution < 1.29 is 5.11 Å². The second-order valence-electron chi connectivity index (χ2n) is 6.00. The molecule has 0 saturated heterocycles. The zero-order valence-electron chi connectivity index (χ0n) is 12.3. The van der Waals surface area contributed by atoms with Gasteiger partial charge in [-0.25, -0.2) is 4.98 Å². The normalized spacial score (nSPS) is 25.3. The number of hydrogen-bond acceptors (Lipinski definition) is 3. The molecule has 3 rings (SSSR count). The Bertz CT molecular complexity index is 581. The maximum atomic E-state index is 10.5. The molecule has 0 spiro atoms. The molecule has 21 heavy (non-hydrogen) atoms. The Balaban J connectivity index is 1.71. The number of aryl methyl sites for hydroxylation is 1. The summed E-state index contributed by atoms with van der Waals surface area (Å²) in [7, 11) is 0. The van der Waals surface area contributed by atoms with Gasteiger partial charge < -0.3 is 15.4 Å². The van der Waals surface area contributed by atoms with Gasteiger partial charge in [0.25, 0.3) is 0 Å². The average molecular weight is 285 g/mol. The highest BCUT2D eigenvalue weighted by atomic mass is 16.3. The molecule has 4 nitrogen and oxygen atoms in total. The van der Waals surface area contributed by atoms with Crippen LogP contribution in [-0.2, 0) is 6.54 Å². The second kappa shape index (κ2) is 6.00. The zero-order valence-corrected chi connectivity index (χ0v) is 12.3. The van der Waals surface area contributed by atoms with Crippen LogP contribution in [0.15, 0.2) is 42.7 Å². The first-order valence-corrected chi connectivity index (χ1v) is 7.72. The van der Waals surface area contributed by atoms with Gasteiger partial charge >= 0.3 is 0 Å². The van der Waals surface area contributed by atoms with Crippen LogP contribution >= 0.6 is 0 Å². The Morgan fingerprint density at radius 3 is 2.90 bits per heavy atom. The molecule has 0 radical (unpaired) electrons. The topological polar surface area (TPSA) is 64.1 Å². The Kier molecular flexibility index (Phi) is 4.08. The predicted octanol–water partition coefficient (Wildman–Crippen LogP) is 2.43. The van der Waals surface area contributed by atoms with Crippen LogP contribution in [0.3, 0.4) is 0 Å². The molecule has 1 aromatic carbocycles. The van der Waals surface area contributed by atoms with E-state index in [9.17, 15) is 5.11 Å². The molecular weight excluding hydrogens is 262 g/mol. The number of imidazole rings is 1. The molecule has 2 aromatic rings. The lowest BCUT2D eigenvalue weighted by Gasteiger charge is -2.28. The maximum Gasteiger partial charge on any atom is 0.139 e. The highest BCUT2D eigenvalue weighted by Gasteiger charge is 2.39. The molecule has 1 fully saturated rings. The quantitative estimate of drug-likeness (QED) is 0.887. The highest BCUT2D eigenvalue weighted by molar-refractivity contribution is 5.55. The molecule has 1 aliphatic rings. The first-order chi connectivity index (χ1) is 10.2. The molecule has 1 aliphatic carbocycles. The Hall–Kier alpha value is -1.65. The molecule has 4 heteroatoms. The second-order valence-corrected chi connectivity index (χ2v) is 6.00. The summed E-state index contributed by atoms with van der Waals surface area (Å²) >= 11 is 0. The van der Waals surface area contributed by atoms with Gasteiger partial charge in [-0.15, -0.1) is 0 Å². The van der Waals surface area contributed by atoms with Crippen molar-refractivity contribution in [2.75, 3.05) is 6.54 Å². The molecule has 0 aliphatic heterocycles. The minimum atomic E-state index is -0.659. The van der Waals surface area contributed by atoms with Crippen molar-refractivity contribution in [3.05, 3.63) is 42.7 Å². The molecule has 2 atom stereocenters. The Morgan fingerprint density at radius 1 is 1.33 bits per heavy atom. The van der Waals surface area contributed by atoms with Gasteiger partial charge in [0.1, 0.15) is 5.82 Å². The van der Waals surface area contributed by atoms with Gasteiger partial charge in [-0.1, -0.05) is 36.8 Å². The van der Waals surface area contributed by atoms with Crippen molar-refractivity contribution in [2.45, 2.75) is 37.8 Å². The molecule has 1 saturated carbocycles. The average Bonchev–Trinajstić information content (AvgIpc) is 3.13. The molecule has 2 unspecified atom stereocenters. The summed E-state index contributed by atoms with van der Waals surface area (Å²) in [5.74, 6) is 1.29. The van der Waals surface area contributed by atoms with E-state index in [1.807, 2.05) is 30.6 Å². The van der Waals surface area contributed by atoms with Crippen molar-refractivity contribution in [1.82, 2.24) is 9.55 Å². The summed E-state index contributed by atoms with van der Waals surface area (Å²) in [6.45, 7) is 1.24. The van der Waals surface area contributed by atoms with Crippen LogP contribution in [0.4, 0.5) is 0 Å². The van der Waals surface area contributed by atoms with E-state index in [0.29, 0.717) is 12.5 Å². The number of rotatable bonds is 5. The summed E-state index contributed by atoms with van der Waals surface area (Å²) in [5.41, 5.74) is 6.23. The smallest absolute Gasteiger partial charge is 0.139 e. The summed E-state index contributed by atoms with van der Waals surface area (Å²) in [6, 6.07) is 10.2.